The molecule has 34 heavy (non-hydrogen) atoms. The summed E-state index contributed by atoms with van der Waals surface area (Å²) in [5.74, 6) is -0.936. The van der Waals surface area contributed by atoms with Crippen molar-refractivity contribution in [3.05, 3.63) is 65.9 Å². The molecule has 1 saturated heterocycles. The molecule has 3 heterocycles. The van der Waals surface area contributed by atoms with Crippen LogP contribution in [-0.4, -0.2) is 67.3 Å². The van der Waals surface area contributed by atoms with E-state index in [2.05, 4.69) is 10.4 Å². The molecule has 1 aliphatic heterocycles. The number of aromatic nitrogens is 2. The molecule has 12 heteroatoms. The lowest BCUT2D eigenvalue weighted by Crippen LogP contribution is -2.40. The molecule has 180 valence electrons. The van der Waals surface area contributed by atoms with E-state index in [1.165, 1.54) is 16.4 Å². The third-order valence-electron chi connectivity index (χ3n) is 5.13. The number of morpholine rings is 1. The molecule has 0 saturated carbocycles. The van der Waals surface area contributed by atoms with Crippen LogP contribution >= 0.6 is 0 Å². The maximum Gasteiger partial charge on any atom is 0.374 e. The predicted molar refractivity (Wildman–Crippen MR) is 120 cm³/mol. The number of benzene rings is 1. The van der Waals surface area contributed by atoms with Gasteiger partial charge in [0.15, 0.2) is 6.61 Å². The standard InChI is InChI=1S/C22H24N4O7S/c1-16-3-4-17(13-20(16)34(29,30)26-9-11-31-12-10-26)24-21(27)15-32-22(28)19-6-5-18(33-19)14-25-8-2-7-23-25/h2-8,13H,9-12,14-15H2,1H3,(H,24,27). The second-order valence-corrected chi connectivity index (χ2v) is 9.50. The zero-order valence-corrected chi connectivity index (χ0v) is 19.3. The van der Waals surface area contributed by atoms with Crippen LogP contribution in [-0.2, 0) is 30.8 Å². The minimum Gasteiger partial charge on any atom is -0.452 e. The van der Waals surface area contributed by atoms with Crippen LogP contribution < -0.4 is 5.32 Å². The lowest BCUT2D eigenvalue weighted by atomic mass is 10.2. The van der Waals surface area contributed by atoms with Gasteiger partial charge in [-0.05, 0) is 42.8 Å². The Morgan fingerprint density at radius 2 is 1.97 bits per heavy atom. The van der Waals surface area contributed by atoms with Crippen molar-refractivity contribution in [1.29, 1.82) is 0 Å². The van der Waals surface area contributed by atoms with Gasteiger partial charge in [0.1, 0.15) is 5.76 Å². The SMILES string of the molecule is Cc1ccc(NC(=O)COC(=O)c2ccc(Cn3cccn3)o2)cc1S(=O)(=O)N1CCOCC1. The van der Waals surface area contributed by atoms with Gasteiger partial charge in [-0.2, -0.15) is 9.40 Å². The Kier molecular flexibility index (Phi) is 7.10. The van der Waals surface area contributed by atoms with Gasteiger partial charge in [0.05, 0.1) is 24.7 Å². The zero-order chi connectivity index (χ0) is 24.1. The van der Waals surface area contributed by atoms with Crippen LogP contribution in [0.25, 0.3) is 0 Å². The van der Waals surface area contributed by atoms with Crippen molar-refractivity contribution < 1.29 is 31.9 Å². The number of rotatable bonds is 8. The fraction of sp³-hybridized carbons (Fsp3) is 0.318. The topological polar surface area (TPSA) is 133 Å². The quantitative estimate of drug-likeness (QED) is 0.473. The number of furan rings is 1. The van der Waals surface area contributed by atoms with Gasteiger partial charge < -0.3 is 19.2 Å². The molecule has 1 aromatic carbocycles. The number of anilines is 1. The molecule has 1 N–H and O–H groups in total. The first-order valence-corrected chi connectivity index (χ1v) is 12.0. The first-order valence-electron chi connectivity index (χ1n) is 10.5. The minimum atomic E-state index is -3.73. The Hall–Kier alpha value is -3.48. The van der Waals surface area contributed by atoms with Crippen LogP contribution in [0.1, 0.15) is 21.9 Å². The molecule has 0 bridgehead atoms. The molecule has 1 amide bonds. The smallest absolute Gasteiger partial charge is 0.374 e. The number of esters is 1. The van der Waals surface area contributed by atoms with Crippen molar-refractivity contribution in [1.82, 2.24) is 14.1 Å². The van der Waals surface area contributed by atoms with E-state index >= 15 is 0 Å². The molecule has 0 unspecified atom stereocenters. The second-order valence-electron chi connectivity index (χ2n) is 7.59. The van der Waals surface area contributed by atoms with E-state index in [9.17, 15) is 18.0 Å². The third-order valence-corrected chi connectivity index (χ3v) is 7.17. The van der Waals surface area contributed by atoms with Crippen LogP contribution in [0.5, 0.6) is 0 Å². The molecule has 0 aliphatic carbocycles. The molecule has 0 spiro atoms. The highest BCUT2D eigenvalue weighted by atomic mass is 32.2. The molecule has 1 fully saturated rings. The Labute approximate surface area is 196 Å². The summed E-state index contributed by atoms with van der Waals surface area (Å²) in [4.78, 5) is 24.6. The monoisotopic (exact) mass is 488 g/mol. The van der Waals surface area contributed by atoms with E-state index in [1.807, 2.05) is 0 Å². The number of amides is 1. The Bertz CT molecular complexity index is 1260. The Balaban J connectivity index is 1.34. The predicted octanol–water partition coefficient (Wildman–Crippen LogP) is 1.65. The number of carbonyl (C=O) groups is 2. The van der Waals surface area contributed by atoms with Crippen LogP contribution in [0.3, 0.4) is 0 Å². The van der Waals surface area contributed by atoms with Gasteiger partial charge in [0.2, 0.25) is 15.8 Å². The summed E-state index contributed by atoms with van der Waals surface area (Å²) in [5, 5.41) is 6.62. The van der Waals surface area contributed by atoms with Gasteiger partial charge in [0.25, 0.3) is 5.91 Å². The molecule has 0 atom stereocenters. The van der Waals surface area contributed by atoms with E-state index in [1.54, 1.807) is 48.3 Å². The van der Waals surface area contributed by atoms with E-state index < -0.39 is 28.5 Å². The summed E-state index contributed by atoms with van der Waals surface area (Å²) in [5.41, 5.74) is 0.831. The van der Waals surface area contributed by atoms with Crippen molar-refractivity contribution >= 4 is 27.6 Å². The summed E-state index contributed by atoms with van der Waals surface area (Å²) in [6, 6.07) is 9.45. The second kappa shape index (κ2) is 10.2. The van der Waals surface area contributed by atoms with Crippen molar-refractivity contribution in [3.8, 4) is 0 Å². The molecule has 11 nitrogen and oxygen atoms in total. The number of nitrogens with one attached hydrogen (secondary N) is 1. The number of hydrogen-bond donors (Lipinski definition) is 1. The van der Waals surface area contributed by atoms with E-state index in [4.69, 9.17) is 13.9 Å². The highest BCUT2D eigenvalue weighted by Gasteiger charge is 2.28. The maximum absolute atomic E-state index is 13.0. The zero-order valence-electron chi connectivity index (χ0n) is 18.5. The molecular weight excluding hydrogens is 464 g/mol. The summed E-state index contributed by atoms with van der Waals surface area (Å²) >= 11 is 0. The highest BCUT2D eigenvalue weighted by molar-refractivity contribution is 7.89. The normalized spacial score (nSPS) is 14.6. The Morgan fingerprint density at radius 3 is 2.71 bits per heavy atom. The van der Waals surface area contributed by atoms with Gasteiger partial charge in [-0.1, -0.05) is 6.07 Å². The van der Waals surface area contributed by atoms with Crippen molar-refractivity contribution in [2.75, 3.05) is 38.2 Å². The number of nitrogens with zero attached hydrogens (tertiary/aromatic N) is 3. The third kappa shape index (κ3) is 5.53. The number of ether oxygens (including phenoxy) is 2. The number of carbonyl (C=O) groups excluding carboxylic acids is 2. The first-order chi connectivity index (χ1) is 16.3. The van der Waals surface area contributed by atoms with Gasteiger partial charge >= 0.3 is 5.97 Å². The van der Waals surface area contributed by atoms with Crippen molar-refractivity contribution in [3.63, 3.8) is 0 Å². The van der Waals surface area contributed by atoms with Gasteiger partial charge in [-0.15, -0.1) is 0 Å². The average Bonchev–Trinajstić information content (AvgIpc) is 3.52. The summed E-state index contributed by atoms with van der Waals surface area (Å²) in [7, 11) is -3.73. The van der Waals surface area contributed by atoms with E-state index in [-0.39, 0.29) is 29.4 Å². The molecule has 2 aromatic heterocycles. The number of aryl methyl sites for hydroxylation is 1. The van der Waals surface area contributed by atoms with Crippen molar-refractivity contribution in [2.24, 2.45) is 0 Å². The van der Waals surface area contributed by atoms with Crippen LogP contribution in [0, 0.1) is 6.92 Å². The molecule has 3 aromatic rings. The largest absolute Gasteiger partial charge is 0.452 e. The number of hydrogen-bond acceptors (Lipinski definition) is 8. The summed E-state index contributed by atoms with van der Waals surface area (Å²) in [6.45, 7) is 2.68. The van der Waals surface area contributed by atoms with Gasteiger partial charge in [-0.25, -0.2) is 13.2 Å². The van der Waals surface area contributed by atoms with Crippen molar-refractivity contribution in [2.45, 2.75) is 18.4 Å². The molecular formula is C22H24N4O7S. The highest BCUT2D eigenvalue weighted by Crippen LogP contribution is 2.24. The molecule has 4 rings (SSSR count). The Morgan fingerprint density at radius 1 is 1.18 bits per heavy atom. The molecule has 0 radical (unpaired) electrons. The lowest BCUT2D eigenvalue weighted by molar-refractivity contribution is -0.119. The fourth-order valence-corrected chi connectivity index (χ4v) is 5.07. The average molecular weight is 489 g/mol. The van der Waals surface area contributed by atoms with Gasteiger partial charge in [-0.3, -0.25) is 9.48 Å². The maximum atomic E-state index is 13.0. The summed E-state index contributed by atoms with van der Waals surface area (Å²) in [6.07, 6.45) is 3.39. The summed E-state index contributed by atoms with van der Waals surface area (Å²) < 4.78 is 44.7. The van der Waals surface area contributed by atoms with Crippen LogP contribution in [0.15, 0.2) is 58.1 Å². The number of sulfonamides is 1. The van der Waals surface area contributed by atoms with Crippen LogP contribution in [0.4, 0.5) is 5.69 Å². The minimum absolute atomic E-state index is 0.0378. The fourth-order valence-electron chi connectivity index (χ4n) is 3.41. The molecule has 1 aliphatic rings. The van der Waals surface area contributed by atoms with E-state index in [0.29, 0.717) is 31.1 Å². The van der Waals surface area contributed by atoms with E-state index in [0.717, 1.165) is 0 Å². The lowest BCUT2D eigenvalue weighted by Gasteiger charge is -2.26. The van der Waals surface area contributed by atoms with Gasteiger partial charge in [0, 0.05) is 31.2 Å². The van der Waals surface area contributed by atoms with Crippen LogP contribution in [0.2, 0.25) is 0 Å². The first kappa shape index (κ1) is 23.7.